The van der Waals surface area contributed by atoms with Crippen molar-refractivity contribution < 1.29 is 9.53 Å². The molecule has 16 heavy (non-hydrogen) atoms. The van der Waals surface area contributed by atoms with Crippen molar-refractivity contribution in [1.82, 2.24) is 10.2 Å². The fourth-order valence-corrected chi connectivity index (χ4v) is 2.45. The summed E-state index contributed by atoms with van der Waals surface area (Å²) >= 11 is 0. The van der Waals surface area contributed by atoms with E-state index in [-0.39, 0.29) is 12.0 Å². The molecule has 92 valence electrons. The second kappa shape index (κ2) is 5.64. The van der Waals surface area contributed by atoms with Gasteiger partial charge in [0.15, 0.2) is 0 Å². The van der Waals surface area contributed by atoms with Crippen LogP contribution in [0.5, 0.6) is 0 Å². The van der Waals surface area contributed by atoms with Gasteiger partial charge in [-0.15, -0.1) is 0 Å². The lowest BCUT2D eigenvalue weighted by molar-refractivity contribution is -0.136. The summed E-state index contributed by atoms with van der Waals surface area (Å²) in [7, 11) is 0. The standard InChI is InChI=1S/C12H22N2O2/c1-10-9-14(6-5-13-10)12(15)8-11-4-2-3-7-16-11/h10-11,13H,2-9H2,1H3/t10-,11?/m1/s1. The molecule has 1 N–H and O–H groups in total. The molecule has 2 aliphatic heterocycles. The zero-order valence-electron chi connectivity index (χ0n) is 10.1. The average Bonchev–Trinajstić information content (AvgIpc) is 2.30. The number of carbonyl (C=O) groups is 1. The van der Waals surface area contributed by atoms with Crippen molar-refractivity contribution >= 4 is 5.91 Å². The van der Waals surface area contributed by atoms with E-state index in [1.165, 1.54) is 6.42 Å². The number of ether oxygens (including phenoxy) is 1. The van der Waals surface area contributed by atoms with E-state index in [4.69, 9.17) is 4.74 Å². The van der Waals surface area contributed by atoms with Gasteiger partial charge < -0.3 is 15.0 Å². The van der Waals surface area contributed by atoms with Gasteiger partial charge in [0.05, 0.1) is 12.5 Å². The van der Waals surface area contributed by atoms with Gasteiger partial charge >= 0.3 is 0 Å². The maximum absolute atomic E-state index is 12.0. The maximum Gasteiger partial charge on any atom is 0.225 e. The molecule has 2 heterocycles. The Labute approximate surface area is 97.3 Å². The Kier molecular flexibility index (Phi) is 4.18. The molecule has 0 aromatic rings. The van der Waals surface area contributed by atoms with E-state index in [2.05, 4.69) is 12.2 Å². The van der Waals surface area contributed by atoms with Crippen molar-refractivity contribution in [2.24, 2.45) is 0 Å². The molecule has 0 spiro atoms. The molecule has 0 aromatic heterocycles. The predicted octanol–water partition coefficient (Wildman–Crippen LogP) is 0.766. The molecule has 0 bridgehead atoms. The van der Waals surface area contributed by atoms with Gasteiger partial charge in [-0.05, 0) is 26.2 Å². The highest BCUT2D eigenvalue weighted by atomic mass is 16.5. The van der Waals surface area contributed by atoms with Crippen LogP contribution in [0.3, 0.4) is 0 Å². The quantitative estimate of drug-likeness (QED) is 0.756. The minimum atomic E-state index is 0.173. The minimum Gasteiger partial charge on any atom is -0.378 e. The highest BCUT2D eigenvalue weighted by molar-refractivity contribution is 5.76. The number of hydrogen-bond donors (Lipinski definition) is 1. The number of carbonyl (C=O) groups excluding carboxylic acids is 1. The Hall–Kier alpha value is -0.610. The lowest BCUT2D eigenvalue weighted by Gasteiger charge is -2.33. The second-order valence-electron chi connectivity index (χ2n) is 4.89. The number of piperazine rings is 1. The number of hydrogen-bond acceptors (Lipinski definition) is 3. The van der Waals surface area contributed by atoms with Crippen LogP contribution in [0.25, 0.3) is 0 Å². The summed E-state index contributed by atoms with van der Waals surface area (Å²) in [5, 5.41) is 3.35. The van der Waals surface area contributed by atoms with E-state index < -0.39 is 0 Å². The van der Waals surface area contributed by atoms with E-state index in [9.17, 15) is 4.79 Å². The zero-order valence-corrected chi connectivity index (χ0v) is 10.1. The van der Waals surface area contributed by atoms with Gasteiger partial charge in [0, 0.05) is 32.3 Å². The van der Waals surface area contributed by atoms with Gasteiger partial charge in [-0.1, -0.05) is 0 Å². The Morgan fingerprint density at radius 1 is 1.50 bits per heavy atom. The summed E-state index contributed by atoms with van der Waals surface area (Å²) in [5.74, 6) is 0.264. The molecule has 4 nitrogen and oxygen atoms in total. The van der Waals surface area contributed by atoms with Crippen LogP contribution < -0.4 is 5.32 Å². The first kappa shape index (κ1) is 11.9. The predicted molar refractivity (Wildman–Crippen MR) is 62.3 cm³/mol. The lowest BCUT2D eigenvalue weighted by Crippen LogP contribution is -2.51. The molecule has 1 unspecified atom stereocenters. The van der Waals surface area contributed by atoms with Crippen LogP contribution in [0.1, 0.15) is 32.6 Å². The topological polar surface area (TPSA) is 41.6 Å². The third-order valence-electron chi connectivity index (χ3n) is 3.40. The smallest absolute Gasteiger partial charge is 0.225 e. The molecule has 1 amide bonds. The largest absolute Gasteiger partial charge is 0.378 e. The van der Waals surface area contributed by atoms with Gasteiger partial charge in [-0.2, -0.15) is 0 Å². The number of amides is 1. The zero-order chi connectivity index (χ0) is 11.4. The van der Waals surface area contributed by atoms with E-state index in [0.29, 0.717) is 12.5 Å². The summed E-state index contributed by atoms with van der Waals surface area (Å²) in [6, 6.07) is 0.421. The Balaban J connectivity index is 1.77. The van der Waals surface area contributed by atoms with Crippen molar-refractivity contribution in [3.8, 4) is 0 Å². The van der Waals surface area contributed by atoms with Gasteiger partial charge in [0.25, 0.3) is 0 Å². The van der Waals surface area contributed by atoms with Crippen LogP contribution in [-0.2, 0) is 9.53 Å². The average molecular weight is 226 g/mol. The van der Waals surface area contributed by atoms with E-state index in [0.717, 1.165) is 39.1 Å². The molecule has 2 aliphatic rings. The molecule has 0 radical (unpaired) electrons. The molecule has 2 atom stereocenters. The highest BCUT2D eigenvalue weighted by Gasteiger charge is 2.24. The first-order valence-corrected chi connectivity index (χ1v) is 6.38. The van der Waals surface area contributed by atoms with Crippen molar-refractivity contribution in [3.63, 3.8) is 0 Å². The lowest BCUT2D eigenvalue weighted by atomic mass is 10.1. The Bertz CT molecular complexity index is 239. The van der Waals surface area contributed by atoms with Crippen LogP contribution >= 0.6 is 0 Å². The van der Waals surface area contributed by atoms with Crippen molar-refractivity contribution in [3.05, 3.63) is 0 Å². The summed E-state index contributed by atoms with van der Waals surface area (Å²) in [4.78, 5) is 14.0. The number of nitrogens with one attached hydrogen (secondary N) is 1. The first-order valence-electron chi connectivity index (χ1n) is 6.38. The van der Waals surface area contributed by atoms with E-state index >= 15 is 0 Å². The summed E-state index contributed by atoms with van der Waals surface area (Å²) < 4.78 is 5.60. The molecule has 2 rings (SSSR count). The maximum atomic E-state index is 12.0. The summed E-state index contributed by atoms with van der Waals surface area (Å²) in [6.45, 7) is 5.55. The summed E-state index contributed by atoms with van der Waals surface area (Å²) in [6.07, 6.45) is 4.15. The highest BCUT2D eigenvalue weighted by Crippen LogP contribution is 2.17. The molecule has 0 saturated carbocycles. The third-order valence-corrected chi connectivity index (χ3v) is 3.40. The van der Waals surface area contributed by atoms with Crippen molar-refractivity contribution in [2.45, 2.75) is 44.8 Å². The van der Waals surface area contributed by atoms with Gasteiger partial charge in [0.1, 0.15) is 0 Å². The molecule has 2 fully saturated rings. The van der Waals surface area contributed by atoms with Crippen LogP contribution in [0.2, 0.25) is 0 Å². The van der Waals surface area contributed by atoms with E-state index in [1.54, 1.807) is 0 Å². The molecular weight excluding hydrogens is 204 g/mol. The molecule has 4 heteroatoms. The van der Waals surface area contributed by atoms with Crippen molar-refractivity contribution in [2.75, 3.05) is 26.2 Å². The first-order chi connectivity index (χ1) is 7.75. The summed E-state index contributed by atoms with van der Waals surface area (Å²) in [5.41, 5.74) is 0. The van der Waals surface area contributed by atoms with Crippen LogP contribution in [0.4, 0.5) is 0 Å². The van der Waals surface area contributed by atoms with Crippen LogP contribution in [0, 0.1) is 0 Å². The van der Waals surface area contributed by atoms with Crippen LogP contribution in [0.15, 0.2) is 0 Å². The number of rotatable bonds is 2. The second-order valence-corrected chi connectivity index (χ2v) is 4.89. The normalized spacial score (nSPS) is 31.4. The third kappa shape index (κ3) is 3.19. The minimum absolute atomic E-state index is 0.173. The van der Waals surface area contributed by atoms with Gasteiger partial charge in [-0.25, -0.2) is 0 Å². The molecule has 0 aromatic carbocycles. The molecular formula is C12H22N2O2. The van der Waals surface area contributed by atoms with E-state index in [1.807, 2.05) is 4.90 Å². The van der Waals surface area contributed by atoms with Crippen LogP contribution in [-0.4, -0.2) is 49.2 Å². The SMILES string of the molecule is C[C@@H]1CN(C(=O)CC2CCCCO2)CCN1. The molecule has 0 aliphatic carbocycles. The monoisotopic (exact) mass is 226 g/mol. The van der Waals surface area contributed by atoms with Gasteiger partial charge in [0.2, 0.25) is 5.91 Å². The Morgan fingerprint density at radius 3 is 3.06 bits per heavy atom. The fourth-order valence-electron chi connectivity index (χ4n) is 2.45. The number of nitrogens with zero attached hydrogens (tertiary/aromatic N) is 1. The van der Waals surface area contributed by atoms with Crippen molar-refractivity contribution in [1.29, 1.82) is 0 Å². The fraction of sp³-hybridized carbons (Fsp3) is 0.917. The molecule has 2 saturated heterocycles. The Morgan fingerprint density at radius 2 is 2.38 bits per heavy atom. The van der Waals surface area contributed by atoms with Gasteiger partial charge in [-0.3, -0.25) is 4.79 Å².